The molecular weight excluding hydrogens is 204 g/mol. The van der Waals surface area contributed by atoms with Crippen LogP contribution in [0.1, 0.15) is 85.5 Å². The Kier molecular flexibility index (Phi) is 10.7. The fraction of sp³-hybridized carbons (Fsp3) is 0.882. The van der Waals surface area contributed by atoms with Crippen molar-refractivity contribution in [3.05, 3.63) is 12.2 Å². The van der Waals surface area contributed by atoms with Gasteiger partial charge in [0.1, 0.15) is 0 Å². The van der Waals surface area contributed by atoms with Crippen molar-refractivity contribution in [1.29, 1.82) is 0 Å². The topological polar surface area (TPSA) is 0 Å². The first-order valence-corrected chi connectivity index (χ1v) is 7.84. The summed E-state index contributed by atoms with van der Waals surface area (Å²) in [6, 6.07) is 0. The molecule has 0 nitrogen and oxygen atoms in total. The number of allylic oxidation sites excluding steroid dienone is 1. The van der Waals surface area contributed by atoms with Gasteiger partial charge in [0, 0.05) is 0 Å². The highest BCUT2D eigenvalue weighted by Crippen LogP contribution is 2.31. The van der Waals surface area contributed by atoms with Gasteiger partial charge < -0.3 is 0 Å². The molecule has 0 rings (SSSR count). The Hall–Kier alpha value is -0.260. The highest BCUT2D eigenvalue weighted by Gasteiger charge is 2.18. The minimum atomic E-state index is 0.784. The molecule has 17 heavy (non-hydrogen) atoms. The van der Waals surface area contributed by atoms with Crippen molar-refractivity contribution in [3.8, 4) is 0 Å². The molecule has 2 unspecified atom stereocenters. The maximum Gasteiger partial charge on any atom is -0.0180 e. The van der Waals surface area contributed by atoms with Crippen molar-refractivity contribution < 1.29 is 0 Å². The lowest BCUT2D eigenvalue weighted by Gasteiger charge is -2.26. The molecule has 0 spiro atoms. The summed E-state index contributed by atoms with van der Waals surface area (Å²) < 4.78 is 0. The zero-order valence-electron chi connectivity index (χ0n) is 12.7. The highest BCUT2D eigenvalue weighted by atomic mass is 14.2. The molecule has 0 bridgehead atoms. The van der Waals surface area contributed by atoms with E-state index in [1.165, 1.54) is 63.4 Å². The Bertz CT molecular complexity index is 180. The predicted molar refractivity (Wildman–Crippen MR) is 80.4 cm³/mol. The number of hydrogen-bond acceptors (Lipinski definition) is 0. The van der Waals surface area contributed by atoms with E-state index in [-0.39, 0.29) is 0 Å². The van der Waals surface area contributed by atoms with Crippen LogP contribution < -0.4 is 0 Å². The van der Waals surface area contributed by atoms with Crippen molar-refractivity contribution in [2.45, 2.75) is 85.5 Å². The lowest BCUT2D eigenvalue weighted by atomic mass is 9.80. The Morgan fingerprint density at radius 2 is 1.53 bits per heavy atom. The van der Waals surface area contributed by atoms with E-state index in [9.17, 15) is 0 Å². The normalized spacial score (nSPS) is 14.6. The van der Waals surface area contributed by atoms with E-state index in [2.05, 4.69) is 34.3 Å². The van der Waals surface area contributed by atoms with E-state index in [1.807, 2.05) is 0 Å². The molecule has 0 saturated carbocycles. The summed E-state index contributed by atoms with van der Waals surface area (Å²) in [5.41, 5.74) is 1.54. The fourth-order valence-electron chi connectivity index (χ4n) is 2.76. The Morgan fingerprint density at radius 3 is 2.06 bits per heavy atom. The van der Waals surface area contributed by atoms with Crippen LogP contribution in [0.4, 0.5) is 0 Å². The van der Waals surface area contributed by atoms with Gasteiger partial charge in [-0.25, -0.2) is 0 Å². The molecule has 0 fully saturated rings. The second kappa shape index (κ2) is 10.9. The number of unbranched alkanes of at least 4 members (excludes halogenated alkanes) is 3. The summed E-state index contributed by atoms with van der Waals surface area (Å²) in [5.74, 6) is 1.62. The summed E-state index contributed by atoms with van der Waals surface area (Å²) in [6.07, 6.45) is 12.0. The lowest BCUT2D eigenvalue weighted by Crippen LogP contribution is -2.14. The molecule has 0 radical (unpaired) electrons. The minimum absolute atomic E-state index is 0.784. The lowest BCUT2D eigenvalue weighted by molar-refractivity contribution is 0.344. The quantitative estimate of drug-likeness (QED) is 0.290. The average Bonchev–Trinajstić information content (AvgIpc) is 2.30. The molecule has 102 valence electrons. The van der Waals surface area contributed by atoms with Gasteiger partial charge >= 0.3 is 0 Å². The smallest absolute Gasteiger partial charge is 0.0180 e. The molecule has 0 aromatic rings. The van der Waals surface area contributed by atoms with Crippen LogP contribution in [-0.4, -0.2) is 0 Å². The minimum Gasteiger partial charge on any atom is -0.0996 e. The van der Waals surface area contributed by atoms with Crippen molar-refractivity contribution >= 4 is 0 Å². The fourth-order valence-corrected chi connectivity index (χ4v) is 2.76. The summed E-state index contributed by atoms with van der Waals surface area (Å²) in [7, 11) is 0. The van der Waals surface area contributed by atoms with Crippen LogP contribution in [0, 0.1) is 11.8 Å². The molecule has 0 amide bonds. The number of rotatable bonds is 11. The molecule has 2 atom stereocenters. The first-order valence-electron chi connectivity index (χ1n) is 7.84. The first kappa shape index (κ1) is 16.7. The van der Waals surface area contributed by atoms with Crippen LogP contribution >= 0.6 is 0 Å². The molecule has 0 aliphatic carbocycles. The largest absolute Gasteiger partial charge is 0.0996 e. The van der Waals surface area contributed by atoms with Gasteiger partial charge in [0.2, 0.25) is 0 Å². The summed E-state index contributed by atoms with van der Waals surface area (Å²) in [6.45, 7) is 13.7. The van der Waals surface area contributed by atoms with Crippen LogP contribution in [0.25, 0.3) is 0 Å². The first-order chi connectivity index (χ1) is 8.17. The van der Waals surface area contributed by atoms with Crippen LogP contribution in [0.15, 0.2) is 12.2 Å². The molecular formula is C17H34. The van der Waals surface area contributed by atoms with E-state index in [0.717, 1.165) is 11.8 Å². The van der Waals surface area contributed by atoms with Gasteiger partial charge in [0.15, 0.2) is 0 Å². The molecule has 0 heterocycles. The van der Waals surface area contributed by atoms with Crippen LogP contribution in [0.2, 0.25) is 0 Å². The van der Waals surface area contributed by atoms with Crippen molar-refractivity contribution in [3.63, 3.8) is 0 Å². The summed E-state index contributed by atoms with van der Waals surface area (Å²) >= 11 is 0. The van der Waals surface area contributed by atoms with Crippen LogP contribution in [0.3, 0.4) is 0 Å². The summed E-state index contributed by atoms with van der Waals surface area (Å²) in [5, 5.41) is 0. The molecule has 0 N–H and O–H groups in total. The molecule has 0 saturated heterocycles. The van der Waals surface area contributed by atoms with Gasteiger partial charge in [-0.2, -0.15) is 0 Å². The maximum absolute atomic E-state index is 4.38. The zero-order valence-corrected chi connectivity index (χ0v) is 12.7. The van der Waals surface area contributed by atoms with Crippen LogP contribution in [-0.2, 0) is 0 Å². The van der Waals surface area contributed by atoms with Gasteiger partial charge in [-0.05, 0) is 31.1 Å². The van der Waals surface area contributed by atoms with Gasteiger partial charge in [0.25, 0.3) is 0 Å². The van der Waals surface area contributed by atoms with Crippen molar-refractivity contribution in [1.82, 2.24) is 0 Å². The van der Waals surface area contributed by atoms with Gasteiger partial charge in [0.05, 0.1) is 0 Å². The summed E-state index contributed by atoms with van der Waals surface area (Å²) in [4.78, 5) is 0. The average molecular weight is 238 g/mol. The third-order valence-corrected chi connectivity index (χ3v) is 3.93. The Morgan fingerprint density at radius 1 is 0.882 bits per heavy atom. The SMILES string of the molecule is C=C(CCCCC)C(CCCC)C(C)CCC. The standard InChI is InChI=1S/C17H34/c1-6-9-11-13-16(5)17(14-10-7-2)15(4)12-8-3/h15,17H,5-14H2,1-4H3. The Balaban J connectivity index is 4.18. The second-order valence-corrected chi connectivity index (χ2v) is 5.63. The molecule has 0 aliphatic rings. The van der Waals surface area contributed by atoms with Gasteiger partial charge in [-0.1, -0.05) is 78.4 Å². The van der Waals surface area contributed by atoms with Crippen LogP contribution in [0.5, 0.6) is 0 Å². The number of hydrogen-bond donors (Lipinski definition) is 0. The maximum atomic E-state index is 4.38. The van der Waals surface area contributed by atoms with E-state index in [1.54, 1.807) is 0 Å². The monoisotopic (exact) mass is 238 g/mol. The van der Waals surface area contributed by atoms with Gasteiger partial charge in [-0.3, -0.25) is 0 Å². The third-order valence-electron chi connectivity index (χ3n) is 3.93. The Labute approximate surface area is 110 Å². The van der Waals surface area contributed by atoms with E-state index in [0.29, 0.717) is 0 Å². The van der Waals surface area contributed by atoms with E-state index in [4.69, 9.17) is 0 Å². The second-order valence-electron chi connectivity index (χ2n) is 5.63. The highest BCUT2D eigenvalue weighted by molar-refractivity contribution is 5.02. The predicted octanol–water partition coefficient (Wildman–Crippen LogP) is 6.37. The molecule has 0 aromatic heterocycles. The van der Waals surface area contributed by atoms with Crippen molar-refractivity contribution in [2.24, 2.45) is 11.8 Å². The van der Waals surface area contributed by atoms with E-state index >= 15 is 0 Å². The van der Waals surface area contributed by atoms with Crippen molar-refractivity contribution in [2.75, 3.05) is 0 Å². The molecule has 0 aliphatic heterocycles. The zero-order chi connectivity index (χ0) is 13.1. The van der Waals surface area contributed by atoms with E-state index < -0.39 is 0 Å². The molecule has 0 aromatic carbocycles. The third kappa shape index (κ3) is 7.63. The van der Waals surface area contributed by atoms with Gasteiger partial charge in [-0.15, -0.1) is 0 Å². The molecule has 0 heteroatoms.